The first kappa shape index (κ1) is 24.1. The predicted molar refractivity (Wildman–Crippen MR) is 125 cm³/mol. The molecule has 0 aliphatic carbocycles. The smallest absolute Gasteiger partial charge is 0.223 e. The molecule has 4 nitrogen and oxygen atoms in total. The maximum Gasteiger partial charge on any atom is 0.223 e. The summed E-state index contributed by atoms with van der Waals surface area (Å²) in [6, 6.07) is 19.2. The first-order valence-electron chi connectivity index (χ1n) is 11.3. The highest BCUT2D eigenvalue weighted by Crippen LogP contribution is 2.28. The second kappa shape index (κ2) is 13.2. The van der Waals surface area contributed by atoms with Crippen molar-refractivity contribution in [3.8, 4) is 0 Å². The number of carbonyl (C=O) groups excluding carboxylic acids is 1. The van der Waals surface area contributed by atoms with Gasteiger partial charge in [0.15, 0.2) is 0 Å². The first-order chi connectivity index (χ1) is 14.7. The lowest BCUT2D eigenvalue weighted by molar-refractivity contribution is -0.133. The van der Waals surface area contributed by atoms with E-state index in [4.69, 9.17) is 5.11 Å². The molecule has 2 aromatic carbocycles. The predicted octanol–water partition coefficient (Wildman–Crippen LogP) is 4.48. The average Bonchev–Trinajstić information content (AvgIpc) is 2.82. The second-order valence-electron chi connectivity index (χ2n) is 7.87. The standard InChI is InChI=1S/C14H19NO.C11H15N.CH4O/c1-2-9-15-10-8-13(11-14(15)16)12-6-4-3-5-7-12;1-2-12-8-7-10-5-3-4-6-11(10)9-12;1-2/h3-7,13H,2,8-11H2,1H3;3-6H,2,7-9H2,1H3;2H,1H3. The highest BCUT2D eigenvalue weighted by molar-refractivity contribution is 5.78. The van der Waals surface area contributed by atoms with Gasteiger partial charge in [-0.15, -0.1) is 0 Å². The van der Waals surface area contributed by atoms with Crippen molar-refractivity contribution in [2.75, 3.05) is 33.3 Å². The fourth-order valence-electron chi connectivity index (χ4n) is 4.22. The average molecular weight is 411 g/mol. The number of carbonyl (C=O) groups is 1. The van der Waals surface area contributed by atoms with E-state index >= 15 is 0 Å². The Balaban J connectivity index is 0.000000204. The zero-order valence-corrected chi connectivity index (χ0v) is 18.9. The summed E-state index contributed by atoms with van der Waals surface area (Å²) < 4.78 is 0. The molecular weight excluding hydrogens is 372 g/mol. The molecule has 1 unspecified atom stereocenters. The van der Waals surface area contributed by atoms with Gasteiger partial charge in [0.25, 0.3) is 0 Å². The van der Waals surface area contributed by atoms with E-state index < -0.39 is 0 Å². The third-order valence-electron chi connectivity index (χ3n) is 5.94. The van der Waals surface area contributed by atoms with Crippen LogP contribution >= 0.6 is 0 Å². The summed E-state index contributed by atoms with van der Waals surface area (Å²) in [5.74, 6) is 0.753. The van der Waals surface area contributed by atoms with E-state index in [9.17, 15) is 4.79 Å². The first-order valence-corrected chi connectivity index (χ1v) is 11.3. The number of hydrogen-bond donors (Lipinski definition) is 1. The van der Waals surface area contributed by atoms with Gasteiger partial charge >= 0.3 is 0 Å². The van der Waals surface area contributed by atoms with Gasteiger partial charge in [0.05, 0.1) is 0 Å². The van der Waals surface area contributed by atoms with Crippen molar-refractivity contribution in [3.05, 3.63) is 71.3 Å². The van der Waals surface area contributed by atoms with Crippen molar-refractivity contribution in [2.24, 2.45) is 0 Å². The van der Waals surface area contributed by atoms with Gasteiger partial charge in [0.2, 0.25) is 5.91 Å². The van der Waals surface area contributed by atoms with Crippen LogP contribution in [-0.2, 0) is 17.8 Å². The van der Waals surface area contributed by atoms with Crippen LogP contribution in [0, 0.1) is 0 Å². The molecule has 2 aliphatic rings. The van der Waals surface area contributed by atoms with Gasteiger partial charge in [-0.25, -0.2) is 0 Å². The van der Waals surface area contributed by atoms with Crippen LogP contribution in [0.1, 0.15) is 55.7 Å². The van der Waals surface area contributed by atoms with Crippen LogP contribution in [0.25, 0.3) is 0 Å². The van der Waals surface area contributed by atoms with Gasteiger partial charge in [0, 0.05) is 39.7 Å². The fourth-order valence-corrected chi connectivity index (χ4v) is 4.22. The van der Waals surface area contributed by atoms with Crippen molar-refractivity contribution in [2.45, 2.75) is 52.0 Å². The molecule has 0 bridgehead atoms. The van der Waals surface area contributed by atoms with Gasteiger partial charge in [-0.1, -0.05) is 68.4 Å². The minimum Gasteiger partial charge on any atom is -0.400 e. The van der Waals surface area contributed by atoms with Gasteiger partial charge in [-0.3, -0.25) is 9.69 Å². The quantitative estimate of drug-likeness (QED) is 0.808. The monoisotopic (exact) mass is 410 g/mol. The summed E-state index contributed by atoms with van der Waals surface area (Å²) in [6.07, 6.45) is 4.07. The zero-order valence-electron chi connectivity index (χ0n) is 18.9. The molecule has 2 aliphatic heterocycles. The maximum absolute atomic E-state index is 11.9. The Morgan fingerprint density at radius 2 is 1.60 bits per heavy atom. The molecule has 1 saturated heterocycles. The SMILES string of the molecule is CCCN1CCC(c2ccccc2)CC1=O.CCN1CCc2ccccc2C1.CO. The van der Waals surface area contributed by atoms with Crippen LogP contribution in [0.2, 0.25) is 0 Å². The molecule has 30 heavy (non-hydrogen) atoms. The topological polar surface area (TPSA) is 43.8 Å². The van der Waals surface area contributed by atoms with Gasteiger partial charge in [-0.2, -0.15) is 0 Å². The van der Waals surface area contributed by atoms with E-state index in [1.165, 1.54) is 30.6 Å². The van der Waals surface area contributed by atoms with E-state index in [1.807, 2.05) is 11.0 Å². The second-order valence-corrected chi connectivity index (χ2v) is 7.87. The van der Waals surface area contributed by atoms with Crippen molar-refractivity contribution in [1.82, 2.24) is 9.80 Å². The Hall–Kier alpha value is -2.17. The lowest BCUT2D eigenvalue weighted by Crippen LogP contribution is -2.38. The molecular formula is C26H38N2O2. The van der Waals surface area contributed by atoms with Crippen molar-refractivity contribution in [1.29, 1.82) is 0 Å². The van der Waals surface area contributed by atoms with E-state index in [0.717, 1.165) is 39.6 Å². The number of nitrogens with zero attached hydrogens (tertiary/aromatic N) is 2. The third-order valence-corrected chi connectivity index (χ3v) is 5.94. The molecule has 1 N–H and O–H groups in total. The normalized spacial score (nSPS) is 18.5. The lowest BCUT2D eigenvalue weighted by atomic mass is 9.89. The summed E-state index contributed by atoms with van der Waals surface area (Å²) in [7, 11) is 1.00. The molecule has 0 spiro atoms. The van der Waals surface area contributed by atoms with E-state index in [-0.39, 0.29) is 0 Å². The summed E-state index contributed by atoms with van der Waals surface area (Å²) in [6.45, 7) is 9.74. The van der Waals surface area contributed by atoms with Crippen LogP contribution in [0.3, 0.4) is 0 Å². The van der Waals surface area contributed by atoms with E-state index in [1.54, 1.807) is 5.56 Å². The molecule has 1 atom stereocenters. The lowest BCUT2D eigenvalue weighted by Gasteiger charge is -2.31. The number of amides is 1. The number of hydrogen-bond acceptors (Lipinski definition) is 3. The van der Waals surface area contributed by atoms with Crippen molar-refractivity contribution in [3.63, 3.8) is 0 Å². The largest absolute Gasteiger partial charge is 0.400 e. The molecule has 0 radical (unpaired) electrons. The van der Waals surface area contributed by atoms with Gasteiger partial charge in [0.1, 0.15) is 0 Å². The van der Waals surface area contributed by atoms with Crippen LogP contribution < -0.4 is 0 Å². The molecule has 0 aromatic heterocycles. The van der Waals surface area contributed by atoms with Crippen LogP contribution in [0.5, 0.6) is 0 Å². The number of fused-ring (bicyclic) bond motifs is 1. The Bertz CT molecular complexity index is 748. The number of likely N-dealkylation sites (N-methyl/N-ethyl adjacent to an activating group) is 1. The molecule has 0 saturated carbocycles. The number of likely N-dealkylation sites (tertiary alicyclic amines) is 1. The Morgan fingerprint density at radius 1 is 0.933 bits per heavy atom. The van der Waals surface area contributed by atoms with E-state index in [2.05, 4.69) is 67.3 Å². The maximum atomic E-state index is 11.9. The molecule has 1 amide bonds. The van der Waals surface area contributed by atoms with Crippen LogP contribution in [0.4, 0.5) is 0 Å². The Kier molecular flexibility index (Phi) is 10.6. The summed E-state index contributed by atoms with van der Waals surface area (Å²) in [5.41, 5.74) is 4.37. The fraction of sp³-hybridized carbons (Fsp3) is 0.500. The zero-order chi connectivity index (χ0) is 21.8. The molecule has 2 aromatic rings. The highest BCUT2D eigenvalue weighted by atomic mass is 16.2. The highest BCUT2D eigenvalue weighted by Gasteiger charge is 2.25. The van der Waals surface area contributed by atoms with Crippen LogP contribution in [0.15, 0.2) is 54.6 Å². The van der Waals surface area contributed by atoms with Crippen molar-refractivity contribution < 1.29 is 9.90 Å². The minimum atomic E-state index is 0.321. The summed E-state index contributed by atoms with van der Waals surface area (Å²) in [5, 5.41) is 7.00. The van der Waals surface area contributed by atoms with E-state index in [0.29, 0.717) is 18.2 Å². The molecule has 4 rings (SSSR count). The van der Waals surface area contributed by atoms with Gasteiger partial charge < -0.3 is 10.0 Å². The summed E-state index contributed by atoms with van der Waals surface area (Å²) >= 11 is 0. The Morgan fingerprint density at radius 3 is 2.23 bits per heavy atom. The third kappa shape index (κ3) is 6.96. The van der Waals surface area contributed by atoms with Crippen molar-refractivity contribution >= 4 is 5.91 Å². The number of aliphatic hydroxyl groups is 1. The number of benzene rings is 2. The minimum absolute atomic E-state index is 0.321. The Labute approximate surface area is 182 Å². The molecule has 1 fully saturated rings. The molecule has 2 heterocycles. The number of aliphatic hydroxyl groups excluding tert-OH is 1. The number of piperidine rings is 1. The molecule has 164 valence electrons. The number of rotatable bonds is 4. The van der Waals surface area contributed by atoms with Crippen LogP contribution in [-0.4, -0.2) is 54.1 Å². The molecule has 4 heteroatoms. The summed E-state index contributed by atoms with van der Waals surface area (Å²) in [4.78, 5) is 16.4. The van der Waals surface area contributed by atoms with Gasteiger partial charge in [-0.05, 0) is 48.4 Å².